The molecule has 206 valence electrons. The molecule has 39 heavy (non-hydrogen) atoms. The van der Waals surface area contributed by atoms with Gasteiger partial charge in [-0.05, 0) is 129 Å². The van der Waals surface area contributed by atoms with Crippen molar-refractivity contribution in [1.29, 1.82) is 0 Å². The Kier molecular flexibility index (Phi) is 6.81. The zero-order chi connectivity index (χ0) is 27.2. The lowest BCUT2D eigenvalue weighted by Gasteiger charge is -2.56. The summed E-state index contributed by atoms with van der Waals surface area (Å²) in [4.78, 5) is 18.3. The molecule has 5 heteroatoms. The van der Waals surface area contributed by atoms with Gasteiger partial charge in [0, 0.05) is 17.3 Å². The molecule has 1 aromatic heterocycles. The van der Waals surface area contributed by atoms with E-state index in [1.807, 2.05) is 36.4 Å². The van der Waals surface area contributed by atoms with Gasteiger partial charge >= 0.3 is 0 Å². The number of carbonyl (C=O) groups is 1. The molecule has 0 spiro atoms. The van der Waals surface area contributed by atoms with Crippen LogP contribution in [0.25, 0.3) is 10.9 Å². The van der Waals surface area contributed by atoms with Crippen molar-refractivity contribution in [2.75, 3.05) is 10.6 Å². The number of amides is 1. The lowest BCUT2D eigenvalue weighted by atomic mass is 9.49. The van der Waals surface area contributed by atoms with Gasteiger partial charge in [0.05, 0.1) is 11.2 Å². The third kappa shape index (κ3) is 5.50. The van der Waals surface area contributed by atoms with Gasteiger partial charge in [-0.3, -0.25) is 4.79 Å². The molecule has 4 aliphatic rings. The molecule has 7 rings (SSSR count). The van der Waals surface area contributed by atoms with Gasteiger partial charge in [0.25, 0.3) is 0 Å². The fraction of sp³-hybridized carbons (Fsp3) is 0.529. The van der Waals surface area contributed by atoms with E-state index < -0.39 is 0 Å². The van der Waals surface area contributed by atoms with Crippen molar-refractivity contribution in [3.8, 4) is 5.75 Å². The maximum absolute atomic E-state index is 13.3. The highest BCUT2D eigenvalue weighted by molar-refractivity contribution is 6.01. The number of benzene rings is 2. The van der Waals surface area contributed by atoms with Crippen LogP contribution in [0, 0.1) is 29.1 Å². The van der Waals surface area contributed by atoms with Crippen molar-refractivity contribution in [3.05, 3.63) is 60.2 Å². The number of anilines is 2. The average molecular weight is 526 g/mol. The van der Waals surface area contributed by atoms with Crippen LogP contribution in [-0.2, 0) is 11.2 Å². The van der Waals surface area contributed by atoms with Crippen molar-refractivity contribution < 1.29 is 9.90 Å². The predicted molar refractivity (Wildman–Crippen MR) is 159 cm³/mol. The van der Waals surface area contributed by atoms with Gasteiger partial charge in [-0.2, -0.15) is 0 Å². The molecule has 5 nitrogen and oxygen atoms in total. The summed E-state index contributed by atoms with van der Waals surface area (Å²) >= 11 is 0. The summed E-state index contributed by atoms with van der Waals surface area (Å²) in [7, 11) is 0. The molecule has 0 aliphatic heterocycles. The molecule has 3 aromatic rings. The van der Waals surface area contributed by atoms with Crippen LogP contribution in [0.3, 0.4) is 0 Å². The summed E-state index contributed by atoms with van der Waals surface area (Å²) in [6.45, 7) is 6.70. The van der Waals surface area contributed by atoms with Crippen LogP contribution in [0.4, 0.5) is 11.5 Å². The highest BCUT2D eigenvalue weighted by Gasteiger charge is 2.51. The van der Waals surface area contributed by atoms with Gasteiger partial charge in [0.2, 0.25) is 5.91 Å². The molecule has 4 aliphatic carbocycles. The Morgan fingerprint density at radius 2 is 1.72 bits per heavy atom. The Balaban J connectivity index is 1.15. The van der Waals surface area contributed by atoms with Crippen LogP contribution in [0.15, 0.2) is 54.6 Å². The second-order valence-corrected chi connectivity index (χ2v) is 13.6. The highest BCUT2D eigenvalue weighted by atomic mass is 16.3. The molecule has 1 atom stereocenters. The van der Waals surface area contributed by atoms with Gasteiger partial charge < -0.3 is 15.7 Å². The number of aromatic nitrogens is 1. The Labute approximate surface area is 232 Å². The number of hydrogen-bond donors (Lipinski definition) is 3. The summed E-state index contributed by atoms with van der Waals surface area (Å²) in [5, 5.41) is 17.8. The fourth-order valence-electron chi connectivity index (χ4n) is 8.28. The van der Waals surface area contributed by atoms with E-state index in [4.69, 9.17) is 4.98 Å². The molecule has 4 saturated carbocycles. The number of rotatable bonds is 9. The van der Waals surface area contributed by atoms with Gasteiger partial charge in [-0.1, -0.05) is 32.0 Å². The van der Waals surface area contributed by atoms with E-state index >= 15 is 0 Å². The van der Waals surface area contributed by atoms with E-state index in [1.54, 1.807) is 6.07 Å². The molecule has 1 unspecified atom stereocenters. The number of nitrogens with zero attached hydrogens (tertiary/aromatic N) is 1. The highest BCUT2D eigenvalue weighted by Crippen LogP contribution is 2.61. The maximum atomic E-state index is 13.3. The molecule has 1 heterocycles. The summed E-state index contributed by atoms with van der Waals surface area (Å²) < 4.78 is 0. The molecule has 0 saturated heterocycles. The zero-order valence-corrected chi connectivity index (χ0v) is 23.7. The monoisotopic (exact) mass is 525 g/mol. The van der Waals surface area contributed by atoms with Crippen LogP contribution in [-0.4, -0.2) is 21.5 Å². The normalized spacial score (nSPS) is 27.0. The number of phenols is 1. The summed E-state index contributed by atoms with van der Waals surface area (Å²) in [6, 6.07) is 17.6. The minimum absolute atomic E-state index is 0.158. The molecule has 4 bridgehead atoms. The van der Waals surface area contributed by atoms with Gasteiger partial charge in [0.15, 0.2) is 0 Å². The SMILES string of the molecule is CC(C)C(C)(CCc1cccc(O)c1)Nc1ccc2c(NC(=O)CC34CC5CC(CC(C5)C3)C4)cccc2n1. The number of pyridine rings is 1. The Bertz CT molecular complexity index is 1330. The lowest BCUT2D eigenvalue weighted by molar-refractivity contribution is -0.124. The van der Waals surface area contributed by atoms with Gasteiger partial charge in [-0.25, -0.2) is 4.98 Å². The van der Waals surface area contributed by atoms with E-state index in [9.17, 15) is 9.90 Å². The first-order valence-electron chi connectivity index (χ1n) is 14.9. The molecular formula is C34H43N3O2. The van der Waals surface area contributed by atoms with Crippen LogP contribution < -0.4 is 10.6 Å². The van der Waals surface area contributed by atoms with Crippen LogP contribution in [0.1, 0.15) is 77.7 Å². The van der Waals surface area contributed by atoms with Gasteiger partial charge in [0.1, 0.15) is 11.6 Å². The number of carbonyl (C=O) groups excluding carboxylic acids is 1. The molecule has 1 amide bonds. The van der Waals surface area contributed by atoms with Crippen molar-refractivity contribution >= 4 is 28.3 Å². The Morgan fingerprint density at radius 3 is 2.38 bits per heavy atom. The third-order valence-corrected chi connectivity index (χ3v) is 10.2. The van der Waals surface area contributed by atoms with Crippen molar-refractivity contribution in [1.82, 2.24) is 4.98 Å². The molecule has 4 fully saturated rings. The first-order chi connectivity index (χ1) is 18.7. The third-order valence-electron chi connectivity index (χ3n) is 10.2. The second kappa shape index (κ2) is 10.1. The number of aromatic hydroxyl groups is 1. The molecule has 0 radical (unpaired) electrons. The smallest absolute Gasteiger partial charge is 0.224 e. The lowest BCUT2D eigenvalue weighted by Crippen LogP contribution is -2.47. The van der Waals surface area contributed by atoms with Crippen LogP contribution in [0.5, 0.6) is 5.75 Å². The van der Waals surface area contributed by atoms with E-state index in [-0.39, 0.29) is 16.9 Å². The molecular weight excluding hydrogens is 482 g/mol. The number of hydrogen-bond acceptors (Lipinski definition) is 4. The van der Waals surface area contributed by atoms with Crippen molar-refractivity contribution in [3.63, 3.8) is 0 Å². The predicted octanol–water partition coefficient (Wildman–Crippen LogP) is 7.94. The Morgan fingerprint density at radius 1 is 1.03 bits per heavy atom. The van der Waals surface area contributed by atoms with E-state index in [2.05, 4.69) is 43.5 Å². The summed E-state index contributed by atoms with van der Waals surface area (Å²) in [5.41, 5.74) is 2.93. The van der Waals surface area contributed by atoms with Crippen LogP contribution in [0.2, 0.25) is 0 Å². The fourth-order valence-corrected chi connectivity index (χ4v) is 8.28. The first kappa shape index (κ1) is 26.2. The number of fused-ring (bicyclic) bond motifs is 1. The number of phenolic OH excluding ortho intramolecular Hbond substituents is 1. The Hall–Kier alpha value is -3.08. The minimum atomic E-state index is -0.171. The molecule has 3 N–H and O–H groups in total. The van der Waals surface area contributed by atoms with Crippen LogP contribution >= 0.6 is 0 Å². The van der Waals surface area contributed by atoms with E-state index in [0.717, 1.165) is 58.6 Å². The first-order valence-corrected chi connectivity index (χ1v) is 14.9. The quantitative estimate of drug-likeness (QED) is 0.265. The molecule has 2 aromatic carbocycles. The maximum Gasteiger partial charge on any atom is 0.224 e. The standard InChI is InChI=1S/C34H43N3O2/c1-22(2)33(3,13-12-23-6-4-7-27(38)17-23)37-31-11-10-28-29(35-31)8-5-9-30(28)36-32(39)21-34-18-24-14-25(19-34)16-26(15-24)20-34/h4-11,17,22,24-26,38H,12-16,18-21H2,1-3H3,(H,35,37)(H,36,39). The van der Waals surface area contributed by atoms with Crippen molar-refractivity contribution in [2.24, 2.45) is 29.1 Å². The van der Waals surface area contributed by atoms with E-state index in [1.165, 1.54) is 38.5 Å². The van der Waals surface area contributed by atoms with E-state index in [0.29, 0.717) is 18.1 Å². The minimum Gasteiger partial charge on any atom is -0.508 e. The average Bonchev–Trinajstić information content (AvgIpc) is 2.86. The largest absolute Gasteiger partial charge is 0.508 e. The second-order valence-electron chi connectivity index (χ2n) is 13.6. The summed E-state index contributed by atoms with van der Waals surface area (Å²) in [6.07, 6.45) is 10.4. The van der Waals surface area contributed by atoms with Crippen molar-refractivity contribution in [2.45, 2.75) is 84.1 Å². The zero-order valence-electron chi connectivity index (χ0n) is 23.7. The summed E-state index contributed by atoms with van der Waals surface area (Å²) in [5.74, 6) is 4.25. The topological polar surface area (TPSA) is 74.2 Å². The number of aryl methyl sites for hydroxylation is 1. The number of nitrogens with one attached hydrogen (secondary N) is 2. The van der Waals surface area contributed by atoms with Gasteiger partial charge in [-0.15, -0.1) is 0 Å².